The van der Waals surface area contributed by atoms with E-state index in [1.165, 1.54) is 73.6 Å². The minimum atomic E-state index is 0.696. The van der Waals surface area contributed by atoms with Gasteiger partial charge in [-0.05, 0) is 52.8 Å². The van der Waals surface area contributed by atoms with Crippen LogP contribution >= 0.6 is 0 Å². The van der Waals surface area contributed by atoms with Gasteiger partial charge in [-0.3, -0.25) is 0 Å². The highest BCUT2D eigenvalue weighted by Crippen LogP contribution is 2.25. The van der Waals surface area contributed by atoms with E-state index in [9.17, 15) is 0 Å². The van der Waals surface area contributed by atoms with Crippen molar-refractivity contribution in [3.8, 4) is 28.3 Å². The second kappa shape index (κ2) is 11.2. The lowest BCUT2D eigenvalue weighted by atomic mass is 9.98. The van der Waals surface area contributed by atoms with Crippen molar-refractivity contribution in [3.63, 3.8) is 0 Å². The van der Waals surface area contributed by atoms with Crippen molar-refractivity contribution in [2.45, 2.75) is 58.3 Å². The molecule has 29 heavy (non-hydrogen) atoms. The molecule has 0 aliphatic rings. The largest absolute Gasteiger partial charge is 0.192 e. The van der Waals surface area contributed by atoms with Crippen LogP contribution in [0.4, 0.5) is 0 Å². The van der Waals surface area contributed by atoms with Crippen molar-refractivity contribution in [2.24, 2.45) is 0 Å². The molecule has 0 radical (unpaired) electrons. The van der Waals surface area contributed by atoms with Crippen LogP contribution < -0.4 is 0 Å². The van der Waals surface area contributed by atoms with Crippen LogP contribution in [0.5, 0.6) is 0 Å². The van der Waals surface area contributed by atoms with E-state index in [-0.39, 0.29) is 0 Å². The topological polar surface area (TPSA) is 23.8 Å². The van der Waals surface area contributed by atoms with Gasteiger partial charge in [-0.15, -0.1) is 0 Å². The summed E-state index contributed by atoms with van der Waals surface area (Å²) in [6, 6.07) is 27.6. The number of hydrogen-bond donors (Lipinski definition) is 0. The van der Waals surface area contributed by atoms with E-state index < -0.39 is 0 Å². The third-order valence-corrected chi connectivity index (χ3v) is 5.59. The van der Waals surface area contributed by atoms with Gasteiger partial charge in [0, 0.05) is 0 Å². The Bertz CT molecular complexity index is 897. The molecule has 0 aliphatic heterocycles. The van der Waals surface area contributed by atoms with Crippen LogP contribution in [0.25, 0.3) is 22.3 Å². The number of rotatable bonds is 10. The van der Waals surface area contributed by atoms with Crippen LogP contribution in [-0.4, -0.2) is 0 Å². The molecule has 0 aliphatic carbocycles. The molecule has 0 N–H and O–H groups in total. The molecule has 0 fully saturated rings. The maximum Gasteiger partial charge on any atom is 0.0991 e. The lowest BCUT2D eigenvalue weighted by Crippen LogP contribution is -1.87. The molecular formula is C28H31N. The van der Waals surface area contributed by atoms with Gasteiger partial charge in [0.2, 0.25) is 0 Å². The molecule has 3 aromatic carbocycles. The minimum Gasteiger partial charge on any atom is -0.192 e. The number of hydrogen-bond acceptors (Lipinski definition) is 1. The third-order valence-electron chi connectivity index (χ3n) is 5.59. The summed E-state index contributed by atoms with van der Waals surface area (Å²) in [5.41, 5.74) is 6.96. The Morgan fingerprint density at radius 1 is 0.552 bits per heavy atom. The second-order valence-corrected chi connectivity index (χ2v) is 7.83. The zero-order valence-electron chi connectivity index (χ0n) is 17.5. The Balaban J connectivity index is 1.52. The standard InChI is InChI=1S/C28H31N/c1-2-3-4-5-6-7-8-9-23-10-14-25(15-11-23)27-18-20-28(21-19-27)26-16-12-24(22-29)13-17-26/h10-21H,2-9H2,1H3. The smallest absolute Gasteiger partial charge is 0.0991 e. The van der Waals surface area contributed by atoms with E-state index >= 15 is 0 Å². The van der Waals surface area contributed by atoms with Gasteiger partial charge in [-0.25, -0.2) is 0 Å². The van der Waals surface area contributed by atoms with Crippen molar-refractivity contribution >= 4 is 0 Å². The first-order chi connectivity index (χ1) is 14.3. The van der Waals surface area contributed by atoms with Crippen LogP contribution in [0.1, 0.15) is 63.0 Å². The molecule has 0 atom stereocenters. The number of benzene rings is 3. The highest BCUT2D eigenvalue weighted by atomic mass is 14.2. The van der Waals surface area contributed by atoms with Gasteiger partial charge in [0.15, 0.2) is 0 Å². The molecule has 0 bridgehead atoms. The van der Waals surface area contributed by atoms with Crippen LogP contribution in [0.3, 0.4) is 0 Å². The van der Waals surface area contributed by atoms with E-state index in [1.807, 2.05) is 24.3 Å². The Morgan fingerprint density at radius 2 is 0.966 bits per heavy atom. The monoisotopic (exact) mass is 381 g/mol. The summed E-state index contributed by atoms with van der Waals surface area (Å²) < 4.78 is 0. The number of unbranched alkanes of at least 4 members (excludes halogenated alkanes) is 6. The third kappa shape index (κ3) is 6.33. The number of aryl methyl sites for hydroxylation is 1. The summed E-state index contributed by atoms with van der Waals surface area (Å²) >= 11 is 0. The number of nitriles is 1. The van der Waals surface area contributed by atoms with Crippen LogP contribution in [0.15, 0.2) is 72.8 Å². The first-order valence-electron chi connectivity index (χ1n) is 11.0. The van der Waals surface area contributed by atoms with Crippen LogP contribution in [0, 0.1) is 11.3 Å². The molecule has 0 amide bonds. The van der Waals surface area contributed by atoms with Crippen molar-refractivity contribution < 1.29 is 0 Å². The second-order valence-electron chi connectivity index (χ2n) is 7.83. The van der Waals surface area contributed by atoms with Gasteiger partial charge < -0.3 is 0 Å². The molecule has 1 nitrogen and oxygen atoms in total. The lowest BCUT2D eigenvalue weighted by molar-refractivity contribution is 0.589. The molecule has 0 spiro atoms. The normalized spacial score (nSPS) is 10.6. The highest BCUT2D eigenvalue weighted by Gasteiger charge is 2.02. The van der Waals surface area contributed by atoms with E-state index in [4.69, 9.17) is 5.26 Å². The zero-order chi connectivity index (χ0) is 20.3. The zero-order valence-corrected chi connectivity index (χ0v) is 17.5. The summed E-state index contributed by atoms with van der Waals surface area (Å²) in [7, 11) is 0. The molecule has 0 heterocycles. The highest BCUT2D eigenvalue weighted by molar-refractivity contribution is 5.70. The van der Waals surface area contributed by atoms with E-state index in [0.717, 1.165) is 5.56 Å². The number of nitrogens with zero attached hydrogens (tertiary/aromatic N) is 1. The van der Waals surface area contributed by atoms with E-state index in [2.05, 4.69) is 61.5 Å². The summed E-state index contributed by atoms with van der Waals surface area (Å²) in [4.78, 5) is 0. The summed E-state index contributed by atoms with van der Waals surface area (Å²) in [6.07, 6.45) is 10.7. The molecule has 0 unspecified atom stereocenters. The minimum absolute atomic E-state index is 0.696. The fourth-order valence-corrected chi connectivity index (χ4v) is 3.74. The lowest BCUT2D eigenvalue weighted by Gasteiger charge is -2.07. The van der Waals surface area contributed by atoms with Crippen LogP contribution in [0.2, 0.25) is 0 Å². The summed E-state index contributed by atoms with van der Waals surface area (Å²) in [5, 5.41) is 8.93. The average Bonchev–Trinajstić information content (AvgIpc) is 2.79. The summed E-state index contributed by atoms with van der Waals surface area (Å²) in [6.45, 7) is 2.27. The quantitative estimate of drug-likeness (QED) is 0.325. The molecule has 1 heteroatoms. The molecular weight excluding hydrogens is 350 g/mol. The summed E-state index contributed by atoms with van der Waals surface area (Å²) in [5.74, 6) is 0. The van der Waals surface area contributed by atoms with Crippen molar-refractivity contribution in [1.82, 2.24) is 0 Å². The van der Waals surface area contributed by atoms with Crippen LogP contribution in [-0.2, 0) is 6.42 Å². The van der Waals surface area contributed by atoms with Crippen molar-refractivity contribution in [3.05, 3.63) is 83.9 Å². The van der Waals surface area contributed by atoms with Gasteiger partial charge in [0.1, 0.15) is 0 Å². The molecule has 0 saturated carbocycles. The Labute approximate surface area is 176 Å². The maximum absolute atomic E-state index is 8.93. The van der Waals surface area contributed by atoms with Gasteiger partial charge in [-0.1, -0.05) is 106 Å². The van der Waals surface area contributed by atoms with Crippen molar-refractivity contribution in [1.29, 1.82) is 5.26 Å². The first kappa shape index (κ1) is 20.9. The Hall–Kier alpha value is -2.85. The average molecular weight is 382 g/mol. The van der Waals surface area contributed by atoms with Crippen molar-refractivity contribution in [2.75, 3.05) is 0 Å². The van der Waals surface area contributed by atoms with E-state index in [1.54, 1.807) is 0 Å². The fourth-order valence-electron chi connectivity index (χ4n) is 3.74. The fraction of sp³-hybridized carbons (Fsp3) is 0.321. The van der Waals surface area contributed by atoms with Gasteiger partial charge >= 0.3 is 0 Å². The molecule has 148 valence electrons. The van der Waals surface area contributed by atoms with E-state index in [0.29, 0.717) is 5.56 Å². The SMILES string of the molecule is CCCCCCCCCc1ccc(-c2ccc(-c3ccc(C#N)cc3)cc2)cc1. The molecule has 3 aromatic rings. The Morgan fingerprint density at radius 3 is 1.45 bits per heavy atom. The first-order valence-corrected chi connectivity index (χ1v) is 11.0. The predicted molar refractivity (Wildman–Crippen MR) is 124 cm³/mol. The molecule has 3 rings (SSSR count). The maximum atomic E-state index is 8.93. The van der Waals surface area contributed by atoms with Gasteiger partial charge in [0.05, 0.1) is 11.6 Å². The molecule has 0 aromatic heterocycles. The van der Waals surface area contributed by atoms with Gasteiger partial charge in [0.25, 0.3) is 0 Å². The Kier molecular flexibility index (Phi) is 8.08. The predicted octanol–water partition coefficient (Wildman–Crippen LogP) is 8.19. The van der Waals surface area contributed by atoms with Gasteiger partial charge in [-0.2, -0.15) is 5.26 Å². The molecule has 0 saturated heterocycles.